The Balaban J connectivity index is 1.58. The molecule has 1 amide bonds. The number of amides is 1. The molecule has 0 radical (unpaired) electrons. The molecule has 0 bridgehead atoms. The number of ether oxygens (including phenoxy) is 1. The van der Waals surface area contributed by atoms with Gasteiger partial charge in [-0.2, -0.15) is 0 Å². The maximum atomic E-state index is 13.2. The predicted molar refractivity (Wildman–Crippen MR) is 120 cm³/mol. The first-order valence-electron chi connectivity index (χ1n) is 10.6. The first-order chi connectivity index (χ1) is 15.2. The predicted octanol–water partition coefficient (Wildman–Crippen LogP) is 4.00. The largest absolute Gasteiger partial charge is 0.483 e. The van der Waals surface area contributed by atoms with E-state index in [9.17, 15) is 14.0 Å². The molecule has 2 aromatic carbocycles. The summed E-state index contributed by atoms with van der Waals surface area (Å²) in [4.78, 5) is 27.9. The lowest BCUT2D eigenvalue weighted by Crippen LogP contribution is -2.58. The number of piperazine rings is 1. The first kappa shape index (κ1) is 24.0. The zero-order valence-corrected chi connectivity index (χ0v) is 19.0. The highest BCUT2D eigenvalue weighted by Crippen LogP contribution is 2.25. The highest BCUT2D eigenvalue weighted by Gasteiger charge is 2.32. The average Bonchev–Trinajstić information content (AvgIpc) is 2.75. The molecule has 1 heterocycles. The van der Waals surface area contributed by atoms with E-state index in [1.165, 1.54) is 12.1 Å². The summed E-state index contributed by atoms with van der Waals surface area (Å²) < 4.78 is 18.9. The van der Waals surface area contributed by atoms with E-state index in [1.807, 2.05) is 11.8 Å². The summed E-state index contributed by atoms with van der Waals surface area (Å²) in [7, 11) is 0. The smallest absolute Gasteiger partial charge is 0.303 e. The van der Waals surface area contributed by atoms with E-state index in [2.05, 4.69) is 11.8 Å². The van der Waals surface area contributed by atoms with E-state index in [4.69, 9.17) is 21.4 Å². The van der Waals surface area contributed by atoms with E-state index in [0.29, 0.717) is 36.0 Å². The molecule has 2 aromatic rings. The highest BCUT2D eigenvalue weighted by atomic mass is 35.5. The van der Waals surface area contributed by atoms with Gasteiger partial charge in [-0.15, -0.1) is 0 Å². The Kier molecular flexibility index (Phi) is 8.10. The van der Waals surface area contributed by atoms with Crippen LogP contribution in [-0.4, -0.2) is 58.6 Å². The Hall–Kier alpha value is -2.64. The van der Waals surface area contributed by atoms with E-state index >= 15 is 0 Å². The fourth-order valence-electron chi connectivity index (χ4n) is 3.94. The monoisotopic (exact) mass is 462 g/mol. The van der Waals surface area contributed by atoms with Gasteiger partial charge in [-0.1, -0.05) is 23.7 Å². The second-order valence-electron chi connectivity index (χ2n) is 8.23. The van der Waals surface area contributed by atoms with Crippen LogP contribution in [0.4, 0.5) is 4.39 Å². The van der Waals surface area contributed by atoms with Crippen molar-refractivity contribution in [3.8, 4) is 5.75 Å². The number of carboxylic acid groups (broad SMARTS) is 1. The van der Waals surface area contributed by atoms with Gasteiger partial charge in [-0.3, -0.25) is 14.5 Å². The lowest BCUT2D eigenvalue weighted by molar-refractivity contribution is -0.139. The zero-order chi connectivity index (χ0) is 23.3. The fraction of sp³-hybridized carbons (Fsp3) is 0.417. The Labute approximate surface area is 192 Å². The van der Waals surface area contributed by atoms with Crippen molar-refractivity contribution in [3.05, 3.63) is 64.4 Å². The molecule has 0 spiro atoms. The van der Waals surface area contributed by atoms with Crippen LogP contribution in [0, 0.1) is 5.82 Å². The van der Waals surface area contributed by atoms with E-state index in [-0.39, 0.29) is 43.3 Å². The molecule has 1 saturated heterocycles. The van der Waals surface area contributed by atoms with Gasteiger partial charge in [-0.05, 0) is 61.7 Å². The zero-order valence-electron chi connectivity index (χ0n) is 18.3. The Morgan fingerprint density at radius 3 is 2.53 bits per heavy atom. The molecule has 1 aliphatic rings. The number of hydrogen-bond donors (Lipinski definition) is 1. The quantitative estimate of drug-likeness (QED) is 0.642. The number of aliphatic carboxylic acids is 1. The summed E-state index contributed by atoms with van der Waals surface area (Å²) >= 11 is 6.03. The van der Waals surface area contributed by atoms with Gasteiger partial charge in [0.05, 0.1) is 0 Å². The molecule has 6 nitrogen and oxygen atoms in total. The molecule has 2 unspecified atom stereocenters. The van der Waals surface area contributed by atoms with Gasteiger partial charge in [0.15, 0.2) is 6.61 Å². The van der Waals surface area contributed by atoms with Crippen LogP contribution in [0.15, 0.2) is 42.5 Å². The number of halogens is 2. The third-order valence-corrected chi connectivity index (χ3v) is 5.95. The van der Waals surface area contributed by atoms with Crippen LogP contribution in [-0.2, 0) is 22.6 Å². The normalized spacial score (nSPS) is 19.1. The van der Waals surface area contributed by atoms with Gasteiger partial charge in [0.1, 0.15) is 11.6 Å². The average molecular weight is 463 g/mol. The number of nitrogens with zero attached hydrogens (tertiary/aromatic N) is 2. The third-order valence-electron chi connectivity index (χ3n) is 5.72. The third kappa shape index (κ3) is 6.43. The van der Waals surface area contributed by atoms with Crippen molar-refractivity contribution < 1.29 is 23.8 Å². The topological polar surface area (TPSA) is 70.1 Å². The van der Waals surface area contributed by atoms with Crippen molar-refractivity contribution in [2.24, 2.45) is 0 Å². The molecule has 2 atom stereocenters. The van der Waals surface area contributed by atoms with E-state index in [1.54, 1.807) is 30.3 Å². The second-order valence-corrected chi connectivity index (χ2v) is 8.67. The molecule has 0 saturated carbocycles. The van der Waals surface area contributed by atoms with Gasteiger partial charge in [0.2, 0.25) is 0 Å². The molecule has 172 valence electrons. The van der Waals surface area contributed by atoms with E-state index in [0.717, 1.165) is 5.56 Å². The minimum Gasteiger partial charge on any atom is -0.483 e. The molecule has 3 rings (SSSR count). The first-order valence-corrected chi connectivity index (χ1v) is 11.0. The van der Waals surface area contributed by atoms with Crippen LogP contribution >= 0.6 is 11.6 Å². The van der Waals surface area contributed by atoms with Crippen molar-refractivity contribution in [1.29, 1.82) is 0 Å². The van der Waals surface area contributed by atoms with Crippen LogP contribution in [0.2, 0.25) is 5.02 Å². The Morgan fingerprint density at radius 1 is 1.12 bits per heavy atom. The molecular formula is C24H28ClFN2O4. The number of carboxylic acids is 1. The van der Waals surface area contributed by atoms with Crippen LogP contribution < -0.4 is 4.74 Å². The van der Waals surface area contributed by atoms with Gasteiger partial charge < -0.3 is 14.7 Å². The van der Waals surface area contributed by atoms with Crippen LogP contribution in [0.3, 0.4) is 0 Å². The van der Waals surface area contributed by atoms with Gasteiger partial charge in [0, 0.05) is 43.2 Å². The van der Waals surface area contributed by atoms with Gasteiger partial charge in [-0.25, -0.2) is 4.39 Å². The molecule has 8 heteroatoms. The molecular weight excluding hydrogens is 435 g/mol. The van der Waals surface area contributed by atoms with Crippen molar-refractivity contribution in [3.63, 3.8) is 0 Å². The standard InChI is InChI=1S/C24H28ClFN2O4/c1-16-13-28(17(2)12-27(16)14-18-3-7-21(26)8-4-18)23(29)15-32-22-9-6-20(25)11-19(22)5-10-24(30)31/h3-4,6-9,11,16-17H,5,10,12-15H2,1-2H3,(H,30,31). The van der Waals surface area contributed by atoms with Crippen LogP contribution in [0.5, 0.6) is 5.75 Å². The van der Waals surface area contributed by atoms with Gasteiger partial charge in [0.25, 0.3) is 5.91 Å². The summed E-state index contributed by atoms with van der Waals surface area (Å²) in [6.45, 7) is 5.91. The second kappa shape index (κ2) is 10.8. The summed E-state index contributed by atoms with van der Waals surface area (Å²) in [6, 6.07) is 11.6. The summed E-state index contributed by atoms with van der Waals surface area (Å²) in [5.41, 5.74) is 1.70. The minimum absolute atomic E-state index is 0.000512. The number of aryl methyl sites for hydroxylation is 1. The highest BCUT2D eigenvalue weighted by molar-refractivity contribution is 6.30. The van der Waals surface area contributed by atoms with E-state index < -0.39 is 5.97 Å². The summed E-state index contributed by atoms with van der Waals surface area (Å²) in [5, 5.41) is 9.44. The minimum atomic E-state index is -0.909. The van der Waals surface area contributed by atoms with Crippen molar-refractivity contribution in [2.75, 3.05) is 19.7 Å². The lowest BCUT2D eigenvalue weighted by atomic mass is 10.1. The molecule has 1 aliphatic heterocycles. The molecule has 0 aliphatic carbocycles. The van der Waals surface area contributed by atoms with Crippen molar-refractivity contribution >= 4 is 23.5 Å². The number of carbonyl (C=O) groups is 2. The van der Waals surface area contributed by atoms with Crippen LogP contribution in [0.25, 0.3) is 0 Å². The van der Waals surface area contributed by atoms with Crippen molar-refractivity contribution in [1.82, 2.24) is 9.80 Å². The number of rotatable bonds is 8. The number of hydrogen-bond acceptors (Lipinski definition) is 4. The molecule has 1 fully saturated rings. The Morgan fingerprint density at radius 2 is 1.84 bits per heavy atom. The number of benzene rings is 2. The van der Waals surface area contributed by atoms with Crippen molar-refractivity contribution in [2.45, 2.75) is 45.3 Å². The molecule has 32 heavy (non-hydrogen) atoms. The molecule has 1 N–H and O–H groups in total. The molecule has 0 aromatic heterocycles. The lowest BCUT2D eigenvalue weighted by Gasteiger charge is -2.44. The SMILES string of the molecule is CC1CN(C(=O)COc2ccc(Cl)cc2CCC(=O)O)C(C)CN1Cc1ccc(F)cc1. The van der Waals surface area contributed by atoms with Crippen LogP contribution in [0.1, 0.15) is 31.4 Å². The summed E-state index contributed by atoms with van der Waals surface area (Å²) in [5.74, 6) is -0.810. The number of carbonyl (C=O) groups excluding carboxylic acids is 1. The summed E-state index contributed by atoms with van der Waals surface area (Å²) in [6.07, 6.45) is 0.226. The Bertz CT molecular complexity index is 954. The van der Waals surface area contributed by atoms with Gasteiger partial charge >= 0.3 is 5.97 Å². The fourth-order valence-corrected chi connectivity index (χ4v) is 4.13. The maximum Gasteiger partial charge on any atom is 0.303 e. The maximum absolute atomic E-state index is 13.2.